The van der Waals surface area contributed by atoms with Gasteiger partial charge in [0.25, 0.3) is 0 Å². The second kappa shape index (κ2) is 4.37. The van der Waals surface area contributed by atoms with Gasteiger partial charge in [0.05, 0.1) is 15.7 Å². The minimum Gasteiger partial charge on any atom is -0.268 e. The Bertz CT molecular complexity index is 631. The maximum Gasteiger partial charge on any atom is 0.416 e. The summed E-state index contributed by atoms with van der Waals surface area (Å²) in [6.07, 6.45) is -2.39. The van der Waals surface area contributed by atoms with Crippen molar-refractivity contribution in [3.05, 3.63) is 40.0 Å². The lowest BCUT2D eigenvalue weighted by Gasteiger charge is -2.07. The van der Waals surface area contributed by atoms with Gasteiger partial charge in [0.1, 0.15) is 5.69 Å². The molecule has 0 radical (unpaired) electrons. The van der Waals surface area contributed by atoms with Crippen molar-refractivity contribution in [3.63, 3.8) is 0 Å². The first-order valence-corrected chi connectivity index (χ1v) is 6.69. The van der Waals surface area contributed by atoms with Crippen molar-refractivity contribution in [1.82, 2.24) is 9.78 Å². The summed E-state index contributed by atoms with van der Waals surface area (Å²) in [5.74, 6) is 0. The van der Waals surface area contributed by atoms with E-state index in [1.54, 1.807) is 6.07 Å². The minimum absolute atomic E-state index is 0.489. The summed E-state index contributed by atoms with van der Waals surface area (Å²) < 4.78 is 40.8. The molecule has 0 atom stereocenters. The third-order valence-corrected chi connectivity index (χ3v) is 4.07. The van der Waals surface area contributed by atoms with Crippen LogP contribution in [-0.2, 0) is 19.1 Å². The molecule has 0 unspecified atom stereocenters. The first-order valence-electron chi connectivity index (χ1n) is 5.89. The van der Waals surface area contributed by atoms with E-state index < -0.39 is 11.7 Å². The fourth-order valence-electron chi connectivity index (χ4n) is 2.32. The van der Waals surface area contributed by atoms with Gasteiger partial charge in [-0.15, -0.1) is 0 Å². The third-order valence-electron chi connectivity index (χ3n) is 3.24. The van der Waals surface area contributed by atoms with E-state index in [2.05, 4.69) is 21.0 Å². The van der Waals surface area contributed by atoms with E-state index in [0.29, 0.717) is 11.3 Å². The molecule has 0 saturated heterocycles. The number of halogens is 4. The molecule has 1 aliphatic heterocycles. The Morgan fingerprint density at radius 1 is 1.26 bits per heavy atom. The lowest BCUT2D eigenvalue weighted by molar-refractivity contribution is -0.137. The summed E-state index contributed by atoms with van der Waals surface area (Å²) in [6.45, 7) is 0.826. The van der Waals surface area contributed by atoms with Crippen LogP contribution < -0.4 is 0 Å². The highest BCUT2D eigenvalue weighted by atomic mass is 79.9. The zero-order valence-electron chi connectivity index (χ0n) is 9.84. The number of aryl methyl sites for hydroxylation is 1. The fraction of sp³-hybridized carbons (Fsp3) is 0.308. The van der Waals surface area contributed by atoms with Crippen LogP contribution in [0.3, 0.4) is 0 Å². The van der Waals surface area contributed by atoms with Gasteiger partial charge < -0.3 is 0 Å². The number of rotatable bonds is 1. The lowest BCUT2D eigenvalue weighted by Crippen LogP contribution is -2.04. The predicted molar refractivity (Wildman–Crippen MR) is 68.7 cm³/mol. The zero-order chi connectivity index (χ0) is 13.6. The van der Waals surface area contributed by atoms with Crippen molar-refractivity contribution in [1.29, 1.82) is 0 Å². The topological polar surface area (TPSA) is 17.8 Å². The SMILES string of the molecule is FC(F)(F)c1cccc(-c2nn3c(c2Br)CCC3)c1. The van der Waals surface area contributed by atoms with Gasteiger partial charge in [0, 0.05) is 12.1 Å². The zero-order valence-corrected chi connectivity index (χ0v) is 11.4. The average Bonchev–Trinajstić information content (AvgIpc) is 2.92. The van der Waals surface area contributed by atoms with E-state index in [0.717, 1.165) is 41.7 Å². The number of benzene rings is 1. The fourth-order valence-corrected chi connectivity index (χ4v) is 3.03. The summed E-state index contributed by atoms with van der Waals surface area (Å²) in [6, 6.07) is 5.27. The Morgan fingerprint density at radius 2 is 2.05 bits per heavy atom. The van der Waals surface area contributed by atoms with Gasteiger partial charge >= 0.3 is 6.18 Å². The Labute approximate surface area is 116 Å². The molecule has 2 heterocycles. The molecule has 100 valence electrons. The van der Waals surface area contributed by atoms with Crippen molar-refractivity contribution in [2.75, 3.05) is 0 Å². The second-order valence-electron chi connectivity index (χ2n) is 4.51. The molecule has 0 aliphatic carbocycles. The average molecular weight is 331 g/mol. The molecule has 0 spiro atoms. The van der Waals surface area contributed by atoms with E-state index in [9.17, 15) is 13.2 Å². The highest BCUT2D eigenvalue weighted by Gasteiger charge is 2.31. The molecule has 19 heavy (non-hydrogen) atoms. The van der Waals surface area contributed by atoms with Crippen molar-refractivity contribution >= 4 is 15.9 Å². The molecule has 6 heteroatoms. The number of alkyl halides is 3. The highest BCUT2D eigenvalue weighted by molar-refractivity contribution is 9.10. The molecule has 2 aromatic rings. The molecule has 0 saturated carbocycles. The minimum atomic E-state index is -4.33. The van der Waals surface area contributed by atoms with Gasteiger partial charge in [-0.2, -0.15) is 18.3 Å². The van der Waals surface area contributed by atoms with Gasteiger partial charge in [-0.1, -0.05) is 12.1 Å². The quantitative estimate of drug-likeness (QED) is 0.763. The standard InChI is InChI=1S/C13H10BrF3N2/c14-11-10-5-2-6-19(10)18-12(11)8-3-1-4-9(7-8)13(15,16)17/h1,3-4,7H,2,5-6H2. The van der Waals surface area contributed by atoms with Crippen molar-refractivity contribution < 1.29 is 13.2 Å². The Kier molecular flexibility index (Phi) is 2.92. The van der Waals surface area contributed by atoms with E-state index in [-0.39, 0.29) is 0 Å². The summed E-state index contributed by atoms with van der Waals surface area (Å²) in [5.41, 5.74) is 1.49. The molecule has 2 nitrogen and oxygen atoms in total. The molecular formula is C13H10BrF3N2. The first-order chi connectivity index (χ1) is 8.97. The van der Waals surface area contributed by atoms with Crippen LogP contribution in [0, 0.1) is 0 Å². The van der Waals surface area contributed by atoms with Gasteiger partial charge in [-0.05, 0) is 40.9 Å². The van der Waals surface area contributed by atoms with Crippen LogP contribution in [-0.4, -0.2) is 9.78 Å². The Balaban J connectivity index is 2.08. The monoisotopic (exact) mass is 330 g/mol. The molecule has 0 fully saturated rings. The van der Waals surface area contributed by atoms with Crippen molar-refractivity contribution in [2.24, 2.45) is 0 Å². The maximum atomic E-state index is 12.7. The summed E-state index contributed by atoms with van der Waals surface area (Å²) in [5, 5.41) is 4.39. The summed E-state index contributed by atoms with van der Waals surface area (Å²) in [7, 11) is 0. The first kappa shape index (κ1) is 12.7. The van der Waals surface area contributed by atoms with Crippen LogP contribution >= 0.6 is 15.9 Å². The molecule has 0 amide bonds. The molecule has 3 rings (SSSR count). The third kappa shape index (κ3) is 2.18. The van der Waals surface area contributed by atoms with E-state index in [1.807, 2.05) is 4.68 Å². The van der Waals surface area contributed by atoms with Gasteiger partial charge in [-0.25, -0.2) is 0 Å². The molecular weight excluding hydrogens is 321 g/mol. The number of hydrogen-bond donors (Lipinski definition) is 0. The van der Waals surface area contributed by atoms with Crippen molar-refractivity contribution in [3.8, 4) is 11.3 Å². The number of hydrogen-bond acceptors (Lipinski definition) is 1. The highest BCUT2D eigenvalue weighted by Crippen LogP contribution is 2.36. The van der Waals surface area contributed by atoms with Gasteiger partial charge in [0.15, 0.2) is 0 Å². The van der Waals surface area contributed by atoms with Crippen molar-refractivity contribution in [2.45, 2.75) is 25.6 Å². The summed E-state index contributed by atoms with van der Waals surface area (Å²) >= 11 is 3.45. The van der Waals surface area contributed by atoms with E-state index in [1.165, 1.54) is 6.07 Å². The molecule has 0 N–H and O–H groups in total. The predicted octanol–water partition coefficient (Wildman–Crippen LogP) is 4.28. The molecule has 1 aromatic carbocycles. The smallest absolute Gasteiger partial charge is 0.268 e. The lowest BCUT2D eigenvalue weighted by atomic mass is 10.1. The second-order valence-corrected chi connectivity index (χ2v) is 5.31. The molecule has 0 bridgehead atoms. The molecule has 1 aliphatic rings. The van der Waals surface area contributed by atoms with Crippen LogP contribution in [0.5, 0.6) is 0 Å². The van der Waals surface area contributed by atoms with E-state index >= 15 is 0 Å². The van der Waals surface area contributed by atoms with Crippen LogP contribution in [0.1, 0.15) is 17.7 Å². The van der Waals surface area contributed by atoms with Gasteiger partial charge in [0.2, 0.25) is 0 Å². The van der Waals surface area contributed by atoms with E-state index in [4.69, 9.17) is 0 Å². The Hall–Kier alpha value is -1.30. The van der Waals surface area contributed by atoms with Crippen LogP contribution in [0.15, 0.2) is 28.7 Å². The largest absolute Gasteiger partial charge is 0.416 e. The number of fused-ring (bicyclic) bond motifs is 1. The van der Waals surface area contributed by atoms with Crippen LogP contribution in [0.25, 0.3) is 11.3 Å². The number of aromatic nitrogens is 2. The Morgan fingerprint density at radius 3 is 2.74 bits per heavy atom. The normalized spacial score (nSPS) is 14.7. The van der Waals surface area contributed by atoms with Crippen LogP contribution in [0.2, 0.25) is 0 Å². The molecule has 1 aromatic heterocycles. The summed E-state index contributed by atoms with van der Waals surface area (Å²) in [4.78, 5) is 0. The van der Waals surface area contributed by atoms with Crippen LogP contribution in [0.4, 0.5) is 13.2 Å². The van der Waals surface area contributed by atoms with Gasteiger partial charge in [-0.3, -0.25) is 4.68 Å². The maximum absolute atomic E-state index is 12.7. The number of nitrogens with zero attached hydrogens (tertiary/aromatic N) is 2.